The number of aryl methyl sites for hydroxylation is 1. The van der Waals surface area contributed by atoms with Crippen LogP contribution < -0.4 is 5.63 Å². The van der Waals surface area contributed by atoms with Crippen LogP contribution in [0, 0.1) is 6.92 Å². The van der Waals surface area contributed by atoms with E-state index >= 15 is 0 Å². The Bertz CT molecular complexity index is 1550. The van der Waals surface area contributed by atoms with Crippen molar-refractivity contribution in [1.29, 1.82) is 0 Å². The normalized spacial score (nSPS) is 11.3. The predicted molar refractivity (Wildman–Crippen MR) is 122 cm³/mol. The Labute approximate surface area is 186 Å². The maximum Gasteiger partial charge on any atom is 0.336 e. The second kappa shape index (κ2) is 7.41. The molecule has 3 aromatic carbocycles. The van der Waals surface area contributed by atoms with Crippen molar-refractivity contribution in [2.75, 3.05) is 0 Å². The minimum Gasteiger partial charge on any atom is -0.452 e. The number of hydrogen-bond acceptors (Lipinski definition) is 4. The van der Waals surface area contributed by atoms with Crippen LogP contribution in [0.25, 0.3) is 33.1 Å². The molecule has 0 atom stereocenters. The fourth-order valence-corrected chi connectivity index (χ4v) is 4.07. The minimum atomic E-state index is -0.463. The lowest BCUT2D eigenvalue weighted by atomic mass is 9.96. The van der Waals surface area contributed by atoms with Crippen molar-refractivity contribution in [3.63, 3.8) is 0 Å². The van der Waals surface area contributed by atoms with E-state index in [1.165, 1.54) is 12.1 Å². The molecule has 5 aromatic rings. The van der Waals surface area contributed by atoms with Gasteiger partial charge in [-0.05, 0) is 48.4 Å². The third-order valence-corrected chi connectivity index (χ3v) is 5.96. The summed E-state index contributed by atoms with van der Waals surface area (Å²) >= 11 is 12.1. The number of furan rings is 1. The molecule has 0 aliphatic carbocycles. The molecule has 0 bridgehead atoms. The maximum atomic E-state index is 13.5. The molecule has 2 aromatic heterocycles. The summed E-state index contributed by atoms with van der Waals surface area (Å²) in [5, 5.41) is 1.98. The van der Waals surface area contributed by atoms with Gasteiger partial charge in [-0.1, -0.05) is 53.5 Å². The Balaban J connectivity index is 1.89. The molecule has 0 amide bonds. The molecular weight excluding hydrogens is 435 g/mol. The van der Waals surface area contributed by atoms with E-state index in [9.17, 15) is 9.59 Å². The SMILES string of the molecule is Cc1cc(=O)oc2c1ccc1oc(C(=O)c3ccc(Cl)c(Cl)c3)c(-c3ccccc3)c12. The standard InChI is InChI=1S/C25H14Cl2O4/c1-13-11-20(28)31-24-16(13)8-10-19-22(24)21(14-5-3-2-4-6-14)25(30-19)23(29)15-7-9-17(26)18(27)12-15/h2-12H,1H3. The third kappa shape index (κ3) is 3.25. The molecule has 2 heterocycles. The van der Waals surface area contributed by atoms with Crippen LogP contribution in [0.2, 0.25) is 10.0 Å². The highest BCUT2D eigenvalue weighted by Gasteiger charge is 2.26. The highest BCUT2D eigenvalue weighted by atomic mass is 35.5. The maximum absolute atomic E-state index is 13.5. The van der Waals surface area contributed by atoms with Crippen LogP contribution >= 0.6 is 23.2 Å². The third-order valence-electron chi connectivity index (χ3n) is 5.22. The first-order chi connectivity index (χ1) is 14.9. The fraction of sp³-hybridized carbons (Fsp3) is 0.0400. The molecule has 0 saturated carbocycles. The van der Waals surface area contributed by atoms with Gasteiger partial charge in [-0.3, -0.25) is 4.79 Å². The Kier molecular flexibility index (Phi) is 4.69. The van der Waals surface area contributed by atoms with Gasteiger partial charge in [-0.15, -0.1) is 0 Å². The second-order valence-electron chi connectivity index (χ2n) is 7.19. The van der Waals surface area contributed by atoms with Crippen molar-refractivity contribution in [3.05, 3.63) is 104 Å². The van der Waals surface area contributed by atoms with Crippen LogP contribution in [0.3, 0.4) is 0 Å². The van der Waals surface area contributed by atoms with E-state index in [2.05, 4.69) is 0 Å². The van der Waals surface area contributed by atoms with Gasteiger partial charge < -0.3 is 8.83 Å². The largest absolute Gasteiger partial charge is 0.452 e. The van der Waals surface area contributed by atoms with Gasteiger partial charge in [0, 0.05) is 22.6 Å². The van der Waals surface area contributed by atoms with Crippen LogP contribution in [-0.4, -0.2) is 5.78 Å². The number of carbonyl (C=O) groups is 1. The second-order valence-corrected chi connectivity index (χ2v) is 8.01. The number of halogens is 2. The van der Waals surface area contributed by atoms with Crippen molar-refractivity contribution in [2.45, 2.75) is 6.92 Å². The monoisotopic (exact) mass is 448 g/mol. The summed E-state index contributed by atoms with van der Waals surface area (Å²) < 4.78 is 11.6. The summed E-state index contributed by atoms with van der Waals surface area (Å²) in [5.74, 6) is -0.215. The first-order valence-electron chi connectivity index (χ1n) is 9.49. The van der Waals surface area contributed by atoms with Gasteiger partial charge in [-0.25, -0.2) is 4.79 Å². The molecule has 31 heavy (non-hydrogen) atoms. The molecule has 152 valence electrons. The van der Waals surface area contributed by atoms with Crippen LogP contribution in [0.15, 0.2) is 80.4 Å². The van der Waals surface area contributed by atoms with E-state index in [-0.39, 0.29) is 16.6 Å². The lowest BCUT2D eigenvalue weighted by Crippen LogP contribution is -2.02. The van der Waals surface area contributed by atoms with E-state index in [1.54, 1.807) is 18.2 Å². The molecule has 6 heteroatoms. The number of ketones is 1. The zero-order chi connectivity index (χ0) is 21.7. The molecule has 0 N–H and O–H groups in total. The van der Waals surface area contributed by atoms with E-state index in [4.69, 9.17) is 32.0 Å². The van der Waals surface area contributed by atoms with Crippen molar-refractivity contribution < 1.29 is 13.6 Å². The molecule has 4 nitrogen and oxygen atoms in total. The van der Waals surface area contributed by atoms with Crippen molar-refractivity contribution in [1.82, 2.24) is 0 Å². The molecule has 0 fully saturated rings. The van der Waals surface area contributed by atoms with Crippen molar-refractivity contribution >= 4 is 50.9 Å². The summed E-state index contributed by atoms with van der Waals surface area (Å²) in [6.07, 6.45) is 0. The van der Waals surface area contributed by atoms with Gasteiger partial charge in [0.05, 0.1) is 15.4 Å². The lowest BCUT2D eigenvalue weighted by Gasteiger charge is -2.06. The molecule has 0 spiro atoms. The predicted octanol–water partition coefficient (Wildman–Crippen LogP) is 7.05. The highest BCUT2D eigenvalue weighted by Crippen LogP contribution is 2.40. The van der Waals surface area contributed by atoms with E-state index in [0.717, 1.165) is 16.5 Å². The van der Waals surface area contributed by atoms with Gasteiger partial charge in [0.25, 0.3) is 0 Å². The highest BCUT2D eigenvalue weighted by molar-refractivity contribution is 6.42. The molecule has 5 rings (SSSR count). The summed E-state index contributed by atoms with van der Waals surface area (Å²) in [6, 6.07) is 19.1. The van der Waals surface area contributed by atoms with Crippen LogP contribution in [0.5, 0.6) is 0 Å². The summed E-state index contributed by atoms with van der Waals surface area (Å²) in [6.45, 7) is 1.84. The number of benzene rings is 3. The van der Waals surface area contributed by atoms with Gasteiger partial charge in [0.2, 0.25) is 5.78 Å². The van der Waals surface area contributed by atoms with Gasteiger partial charge >= 0.3 is 5.63 Å². The molecular formula is C25H14Cl2O4. The Morgan fingerprint density at radius 1 is 0.871 bits per heavy atom. The molecule has 0 aliphatic rings. The average molecular weight is 449 g/mol. The molecule has 0 radical (unpaired) electrons. The van der Waals surface area contributed by atoms with E-state index in [0.29, 0.717) is 32.7 Å². The quantitative estimate of drug-likeness (QED) is 0.219. The first kappa shape index (κ1) is 19.6. The van der Waals surface area contributed by atoms with E-state index in [1.807, 2.05) is 43.3 Å². The fourth-order valence-electron chi connectivity index (χ4n) is 3.77. The van der Waals surface area contributed by atoms with Crippen molar-refractivity contribution in [3.8, 4) is 11.1 Å². The van der Waals surface area contributed by atoms with Gasteiger partial charge in [0.1, 0.15) is 11.2 Å². The summed E-state index contributed by atoms with van der Waals surface area (Å²) in [4.78, 5) is 25.6. The van der Waals surface area contributed by atoms with Crippen LogP contribution in [0.4, 0.5) is 0 Å². The van der Waals surface area contributed by atoms with Crippen LogP contribution in [0.1, 0.15) is 21.7 Å². The Morgan fingerprint density at radius 2 is 1.65 bits per heavy atom. The van der Waals surface area contributed by atoms with E-state index < -0.39 is 5.63 Å². The molecule has 0 saturated heterocycles. The summed E-state index contributed by atoms with van der Waals surface area (Å²) in [5.41, 5.74) is 2.82. The number of carbonyl (C=O) groups excluding carboxylic acids is 1. The topological polar surface area (TPSA) is 60.4 Å². The van der Waals surface area contributed by atoms with Gasteiger partial charge in [-0.2, -0.15) is 0 Å². The van der Waals surface area contributed by atoms with Crippen molar-refractivity contribution in [2.24, 2.45) is 0 Å². The zero-order valence-corrected chi connectivity index (χ0v) is 17.8. The van der Waals surface area contributed by atoms with Gasteiger partial charge in [0.15, 0.2) is 5.76 Å². The number of rotatable bonds is 3. The average Bonchev–Trinajstić information content (AvgIpc) is 3.16. The number of hydrogen-bond donors (Lipinski definition) is 0. The minimum absolute atomic E-state index is 0.135. The zero-order valence-electron chi connectivity index (χ0n) is 16.2. The van der Waals surface area contributed by atoms with Crippen LogP contribution in [-0.2, 0) is 0 Å². The first-order valence-corrected chi connectivity index (χ1v) is 10.2. The molecule has 0 aliphatic heterocycles. The Hall–Kier alpha value is -3.34. The number of fused-ring (bicyclic) bond motifs is 3. The lowest BCUT2D eigenvalue weighted by molar-refractivity contribution is 0.101. The molecule has 0 unspecified atom stereocenters. The smallest absolute Gasteiger partial charge is 0.336 e. The summed E-state index contributed by atoms with van der Waals surface area (Å²) in [7, 11) is 0. The Morgan fingerprint density at radius 3 is 2.39 bits per heavy atom.